The molecule has 1 atom stereocenters. The standard InChI is InChI=1S/C23H30N4O2/c1-4-24-23(26-19-12-13-22(28)27(3)16-19)25-15-18-9-5-6-11-21(18)29-20-10-7-8-17(2)14-20/h5-11,14,19H,4,12-13,15-16H2,1-3H3,(H2,24,25,26). The highest BCUT2D eigenvalue weighted by molar-refractivity contribution is 5.81. The summed E-state index contributed by atoms with van der Waals surface area (Å²) in [5.74, 6) is 2.58. The van der Waals surface area contributed by atoms with Gasteiger partial charge in [-0.25, -0.2) is 4.99 Å². The van der Waals surface area contributed by atoms with Crippen LogP contribution < -0.4 is 15.4 Å². The topological polar surface area (TPSA) is 66.0 Å². The van der Waals surface area contributed by atoms with E-state index in [4.69, 9.17) is 9.73 Å². The third-order valence-corrected chi connectivity index (χ3v) is 4.91. The summed E-state index contributed by atoms with van der Waals surface area (Å²) < 4.78 is 6.10. The number of nitrogens with zero attached hydrogens (tertiary/aromatic N) is 2. The van der Waals surface area contributed by atoms with E-state index < -0.39 is 0 Å². The number of likely N-dealkylation sites (N-methyl/N-ethyl adjacent to an activating group) is 1. The number of para-hydroxylation sites is 1. The van der Waals surface area contributed by atoms with Gasteiger partial charge in [0.2, 0.25) is 5.91 Å². The van der Waals surface area contributed by atoms with Crippen molar-refractivity contribution < 1.29 is 9.53 Å². The van der Waals surface area contributed by atoms with Gasteiger partial charge < -0.3 is 20.3 Å². The van der Waals surface area contributed by atoms with Crippen molar-refractivity contribution in [2.75, 3.05) is 20.1 Å². The van der Waals surface area contributed by atoms with Crippen molar-refractivity contribution in [3.8, 4) is 11.5 Å². The minimum atomic E-state index is 0.201. The second kappa shape index (κ2) is 9.96. The molecule has 1 heterocycles. The number of benzene rings is 2. The zero-order valence-corrected chi connectivity index (χ0v) is 17.4. The van der Waals surface area contributed by atoms with Gasteiger partial charge in [0.1, 0.15) is 11.5 Å². The van der Waals surface area contributed by atoms with Crippen LogP contribution in [0.25, 0.3) is 0 Å². The first-order chi connectivity index (χ1) is 14.0. The molecule has 0 radical (unpaired) electrons. The lowest BCUT2D eigenvalue weighted by Crippen LogP contribution is -2.51. The average Bonchev–Trinajstić information content (AvgIpc) is 2.70. The predicted octanol–water partition coefficient (Wildman–Crippen LogP) is 3.46. The minimum absolute atomic E-state index is 0.201. The van der Waals surface area contributed by atoms with E-state index in [1.165, 1.54) is 0 Å². The van der Waals surface area contributed by atoms with Gasteiger partial charge in [0.25, 0.3) is 0 Å². The van der Waals surface area contributed by atoms with Crippen molar-refractivity contribution in [3.05, 3.63) is 59.7 Å². The van der Waals surface area contributed by atoms with Crippen LogP contribution >= 0.6 is 0 Å². The van der Waals surface area contributed by atoms with E-state index in [1.54, 1.807) is 4.90 Å². The average molecular weight is 395 g/mol. The monoisotopic (exact) mass is 394 g/mol. The minimum Gasteiger partial charge on any atom is -0.457 e. The maximum atomic E-state index is 11.7. The summed E-state index contributed by atoms with van der Waals surface area (Å²) in [5.41, 5.74) is 2.18. The highest BCUT2D eigenvalue weighted by Crippen LogP contribution is 2.26. The first kappa shape index (κ1) is 20.7. The van der Waals surface area contributed by atoms with Crippen LogP contribution in [-0.2, 0) is 11.3 Å². The molecule has 0 aromatic heterocycles. The molecule has 1 amide bonds. The molecule has 1 unspecified atom stereocenters. The SMILES string of the molecule is CCNC(=NCc1ccccc1Oc1cccc(C)c1)NC1CCC(=O)N(C)C1. The van der Waals surface area contributed by atoms with Crippen molar-refractivity contribution in [2.24, 2.45) is 4.99 Å². The Morgan fingerprint density at radius 1 is 1.24 bits per heavy atom. The molecule has 0 aliphatic carbocycles. The Hall–Kier alpha value is -3.02. The zero-order valence-electron chi connectivity index (χ0n) is 17.4. The molecule has 29 heavy (non-hydrogen) atoms. The molecule has 0 saturated carbocycles. The number of carbonyl (C=O) groups excluding carboxylic acids is 1. The number of piperidine rings is 1. The van der Waals surface area contributed by atoms with Gasteiger partial charge >= 0.3 is 0 Å². The lowest BCUT2D eigenvalue weighted by atomic mass is 10.1. The van der Waals surface area contributed by atoms with E-state index >= 15 is 0 Å². The third-order valence-electron chi connectivity index (χ3n) is 4.91. The molecule has 6 heteroatoms. The smallest absolute Gasteiger partial charge is 0.222 e. The number of guanidine groups is 1. The Bertz CT molecular complexity index is 865. The molecule has 1 saturated heterocycles. The van der Waals surface area contributed by atoms with E-state index in [9.17, 15) is 4.79 Å². The Kier molecular flexibility index (Phi) is 7.11. The number of carbonyl (C=O) groups is 1. The van der Waals surface area contributed by atoms with Gasteiger partial charge in [0, 0.05) is 38.2 Å². The number of aliphatic imine (C=N–C) groups is 1. The van der Waals surface area contributed by atoms with Crippen LogP contribution in [0.15, 0.2) is 53.5 Å². The molecule has 2 aromatic rings. The molecule has 1 fully saturated rings. The number of ether oxygens (including phenoxy) is 1. The molecule has 2 N–H and O–H groups in total. The summed E-state index contributed by atoms with van der Waals surface area (Å²) in [4.78, 5) is 18.2. The summed E-state index contributed by atoms with van der Waals surface area (Å²) in [6.07, 6.45) is 1.39. The number of aryl methyl sites for hydroxylation is 1. The number of hydrogen-bond donors (Lipinski definition) is 2. The van der Waals surface area contributed by atoms with Crippen molar-refractivity contribution in [2.45, 2.75) is 39.3 Å². The van der Waals surface area contributed by atoms with Crippen molar-refractivity contribution in [3.63, 3.8) is 0 Å². The van der Waals surface area contributed by atoms with Crippen LogP contribution in [0.1, 0.15) is 30.9 Å². The summed E-state index contributed by atoms with van der Waals surface area (Å²) in [5, 5.41) is 6.76. The first-order valence-corrected chi connectivity index (χ1v) is 10.2. The molecule has 154 valence electrons. The number of rotatable bonds is 6. The van der Waals surface area contributed by atoms with Gasteiger partial charge in [0.15, 0.2) is 5.96 Å². The second-order valence-electron chi connectivity index (χ2n) is 7.38. The number of likely N-dealkylation sites (tertiary alicyclic amines) is 1. The van der Waals surface area contributed by atoms with E-state index in [0.717, 1.165) is 41.6 Å². The highest BCUT2D eigenvalue weighted by Gasteiger charge is 2.23. The Morgan fingerprint density at radius 2 is 2.07 bits per heavy atom. The van der Waals surface area contributed by atoms with E-state index in [0.29, 0.717) is 19.5 Å². The summed E-state index contributed by atoms with van der Waals surface area (Å²) in [7, 11) is 1.85. The van der Waals surface area contributed by atoms with Crippen molar-refractivity contribution in [1.82, 2.24) is 15.5 Å². The fraction of sp³-hybridized carbons (Fsp3) is 0.391. The molecule has 0 bridgehead atoms. The van der Waals surface area contributed by atoms with E-state index in [2.05, 4.69) is 10.6 Å². The molecule has 6 nitrogen and oxygen atoms in total. The Morgan fingerprint density at radius 3 is 2.83 bits per heavy atom. The number of nitrogens with one attached hydrogen (secondary N) is 2. The second-order valence-corrected chi connectivity index (χ2v) is 7.38. The molecule has 2 aromatic carbocycles. The normalized spacial score (nSPS) is 17.2. The van der Waals surface area contributed by atoms with Gasteiger partial charge in [-0.1, -0.05) is 30.3 Å². The lowest BCUT2D eigenvalue weighted by Gasteiger charge is -2.31. The molecular weight excluding hydrogens is 364 g/mol. The van der Waals surface area contributed by atoms with Crippen molar-refractivity contribution in [1.29, 1.82) is 0 Å². The fourth-order valence-electron chi connectivity index (χ4n) is 3.35. The van der Waals surface area contributed by atoms with Gasteiger partial charge in [0.05, 0.1) is 6.54 Å². The van der Waals surface area contributed by atoms with Gasteiger partial charge in [-0.3, -0.25) is 4.79 Å². The summed E-state index contributed by atoms with van der Waals surface area (Å²) in [6.45, 7) is 6.06. The lowest BCUT2D eigenvalue weighted by molar-refractivity contribution is -0.132. The summed E-state index contributed by atoms with van der Waals surface area (Å²) in [6, 6.07) is 16.2. The fourth-order valence-corrected chi connectivity index (χ4v) is 3.35. The molecule has 3 rings (SSSR count). The molecular formula is C23H30N4O2. The molecule has 1 aliphatic rings. The van der Waals surface area contributed by atoms with Crippen LogP contribution in [0.3, 0.4) is 0 Å². The predicted molar refractivity (Wildman–Crippen MR) is 116 cm³/mol. The zero-order chi connectivity index (χ0) is 20.6. The van der Waals surface area contributed by atoms with Crippen LogP contribution in [-0.4, -0.2) is 42.9 Å². The Balaban J connectivity index is 1.70. The number of amides is 1. The Labute approximate surface area is 173 Å². The largest absolute Gasteiger partial charge is 0.457 e. The number of hydrogen-bond acceptors (Lipinski definition) is 3. The van der Waals surface area contributed by atoms with Crippen LogP contribution in [0.2, 0.25) is 0 Å². The molecule has 1 aliphatic heterocycles. The third kappa shape index (κ3) is 5.98. The van der Waals surface area contributed by atoms with Crippen LogP contribution in [0, 0.1) is 6.92 Å². The van der Waals surface area contributed by atoms with E-state index in [-0.39, 0.29) is 11.9 Å². The highest BCUT2D eigenvalue weighted by atomic mass is 16.5. The quantitative estimate of drug-likeness (QED) is 0.582. The van der Waals surface area contributed by atoms with Crippen LogP contribution in [0.5, 0.6) is 11.5 Å². The van der Waals surface area contributed by atoms with Gasteiger partial charge in [-0.2, -0.15) is 0 Å². The van der Waals surface area contributed by atoms with E-state index in [1.807, 2.05) is 69.4 Å². The van der Waals surface area contributed by atoms with Crippen LogP contribution in [0.4, 0.5) is 0 Å². The van der Waals surface area contributed by atoms with Crippen molar-refractivity contribution >= 4 is 11.9 Å². The molecule has 0 spiro atoms. The summed E-state index contributed by atoms with van der Waals surface area (Å²) >= 11 is 0. The van der Waals surface area contributed by atoms with Gasteiger partial charge in [-0.15, -0.1) is 0 Å². The van der Waals surface area contributed by atoms with Gasteiger partial charge in [-0.05, 0) is 44.0 Å². The maximum Gasteiger partial charge on any atom is 0.222 e. The first-order valence-electron chi connectivity index (χ1n) is 10.2. The maximum absolute atomic E-state index is 11.7.